The van der Waals surface area contributed by atoms with Crippen molar-refractivity contribution in [2.45, 2.75) is 18.9 Å². The molecule has 1 aromatic carbocycles. The van der Waals surface area contributed by atoms with Crippen LogP contribution in [-0.2, 0) is 4.74 Å². The van der Waals surface area contributed by atoms with E-state index in [9.17, 15) is 0 Å². The Bertz CT molecular complexity index is 764. The van der Waals surface area contributed by atoms with Crippen molar-refractivity contribution in [2.24, 2.45) is 0 Å². The summed E-state index contributed by atoms with van der Waals surface area (Å²) in [5.74, 6) is 2.89. The van der Waals surface area contributed by atoms with Gasteiger partial charge in [0, 0.05) is 51.2 Å². The lowest BCUT2D eigenvalue weighted by molar-refractivity contribution is 0.00733. The van der Waals surface area contributed by atoms with Crippen LogP contribution in [0.4, 0.5) is 5.82 Å². The molecule has 1 atom stereocenters. The third kappa shape index (κ3) is 5.71. The number of ether oxygens (including phenoxy) is 4. The van der Waals surface area contributed by atoms with Crippen LogP contribution >= 0.6 is 0 Å². The number of piperazine rings is 1. The van der Waals surface area contributed by atoms with Gasteiger partial charge in [0.15, 0.2) is 5.82 Å². The summed E-state index contributed by atoms with van der Waals surface area (Å²) in [6.07, 6.45) is 5.52. The van der Waals surface area contributed by atoms with E-state index in [0.717, 1.165) is 62.9 Å². The first kappa shape index (κ1) is 19.7. The predicted molar refractivity (Wildman–Crippen MR) is 109 cm³/mol. The Morgan fingerprint density at radius 1 is 1.07 bits per heavy atom. The van der Waals surface area contributed by atoms with E-state index >= 15 is 0 Å². The number of nitrogens with zero attached hydrogens (tertiary/aromatic N) is 3. The van der Waals surface area contributed by atoms with Crippen LogP contribution in [0.5, 0.6) is 17.4 Å². The summed E-state index contributed by atoms with van der Waals surface area (Å²) in [6, 6.07) is 7.69. The number of nitrogens with one attached hydrogen (secondary N) is 1. The maximum Gasteiger partial charge on any atom is 0.257 e. The molecule has 0 aliphatic carbocycles. The molecule has 0 bridgehead atoms. The molecule has 4 rings (SSSR count). The van der Waals surface area contributed by atoms with Crippen molar-refractivity contribution in [3.05, 3.63) is 36.7 Å². The Hall–Kier alpha value is -2.58. The van der Waals surface area contributed by atoms with E-state index < -0.39 is 0 Å². The molecule has 2 aliphatic rings. The zero-order valence-corrected chi connectivity index (χ0v) is 16.6. The molecule has 0 spiro atoms. The standard InChI is InChI=1S/C21H28N4O4/c1-3-17(15-18(4-1)29-19-5-2-12-26-16-19)27-13-14-28-21-20(23-6-7-24-21)25-10-8-22-9-11-25/h1,3-4,6-7,15,19,22H,2,5,8-14,16H2. The van der Waals surface area contributed by atoms with Crippen LogP contribution in [0.3, 0.4) is 0 Å². The second kappa shape index (κ2) is 10.3. The first-order valence-corrected chi connectivity index (χ1v) is 10.3. The highest BCUT2D eigenvalue weighted by atomic mass is 16.5. The summed E-state index contributed by atoms with van der Waals surface area (Å²) in [5.41, 5.74) is 0. The minimum atomic E-state index is 0.113. The number of hydrogen-bond donors (Lipinski definition) is 1. The van der Waals surface area contributed by atoms with Gasteiger partial charge >= 0.3 is 0 Å². The Morgan fingerprint density at radius 2 is 1.90 bits per heavy atom. The fraction of sp³-hybridized carbons (Fsp3) is 0.524. The van der Waals surface area contributed by atoms with E-state index in [2.05, 4.69) is 20.2 Å². The number of anilines is 1. The number of aromatic nitrogens is 2. The fourth-order valence-electron chi connectivity index (χ4n) is 3.45. The van der Waals surface area contributed by atoms with Crippen LogP contribution in [0.1, 0.15) is 12.8 Å². The molecule has 8 heteroatoms. The summed E-state index contributed by atoms with van der Waals surface area (Å²) in [7, 11) is 0. The van der Waals surface area contributed by atoms with Crippen LogP contribution < -0.4 is 24.4 Å². The fourth-order valence-corrected chi connectivity index (χ4v) is 3.45. The lowest BCUT2D eigenvalue weighted by atomic mass is 10.2. The first-order valence-electron chi connectivity index (χ1n) is 10.3. The molecular weight excluding hydrogens is 372 g/mol. The van der Waals surface area contributed by atoms with E-state index in [1.54, 1.807) is 12.4 Å². The first-order chi connectivity index (χ1) is 14.4. The van der Waals surface area contributed by atoms with Crippen molar-refractivity contribution in [1.82, 2.24) is 15.3 Å². The van der Waals surface area contributed by atoms with Gasteiger partial charge in [0.2, 0.25) is 0 Å². The van der Waals surface area contributed by atoms with Gasteiger partial charge in [0.1, 0.15) is 30.8 Å². The second-order valence-electron chi connectivity index (χ2n) is 7.05. The third-order valence-corrected chi connectivity index (χ3v) is 4.88. The summed E-state index contributed by atoms with van der Waals surface area (Å²) in [4.78, 5) is 11.0. The minimum absolute atomic E-state index is 0.113. The van der Waals surface area contributed by atoms with Crippen LogP contribution in [-0.4, -0.2) is 68.7 Å². The average Bonchev–Trinajstić information content (AvgIpc) is 2.79. The van der Waals surface area contributed by atoms with Gasteiger partial charge in [-0.25, -0.2) is 9.97 Å². The predicted octanol–water partition coefficient (Wildman–Crippen LogP) is 1.90. The maximum atomic E-state index is 5.99. The Balaban J connectivity index is 1.26. The summed E-state index contributed by atoms with van der Waals surface area (Å²) >= 11 is 0. The van der Waals surface area contributed by atoms with E-state index in [-0.39, 0.29) is 6.10 Å². The molecule has 2 saturated heterocycles. The highest BCUT2D eigenvalue weighted by molar-refractivity contribution is 5.48. The SMILES string of the molecule is c1cc(OCCOc2nccnc2N2CCNCC2)cc(OC2CCCOC2)c1. The van der Waals surface area contributed by atoms with Gasteiger partial charge in [-0.05, 0) is 25.0 Å². The lowest BCUT2D eigenvalue weighted by Crippen LogP contribution is -2.44. The molecule has 0 radical (unpaired) electrons. The van der Waals surface area contributed by atoms with Gasteiger partial charge in [-0.3, -0.25) is 0 Å². The molecule has 2 fully saturated rings. The van der Waals surface area contributed by atoms with Gasteiger partial charge in [0.25, 0.3) is 5.88 Å². The smallest absolute Gasteiger partial charge is 0.257 e. The Kier molecular flexibility index (Phi) is 6.98. The normalized spacial score (nSPS) is 19.6. The molecule has 1 unspecified atom stereocenters. The lowest BCUT2D eigenvalue weighted by Gasteiger charge is -2.28. The van der Waals surface area contributed by atoms with Crippen molar-refractivity contribution in [2.75, 3.05) is 57.5 Å². The van der Waals surface area contributed by atoms with Gasteiger partial charge in [-0.2, -0.15) is 0 Å². The van der Waals surface area contributed by atoms with Crippen LogP contribution in [0, 0.1) is 0 Å². The highest BCUT2D eigenvalue weighted by Crippen LogP contribution is 2.24. The molecule has 29 heavy (non-hydrogen) atoms. The molecule has 1 N–H and O–H groups in total. The minimum Gasteiger partial charge on any atom is -0.490 e. The summed E-state index contributed by atoms with van der Waals surface area (Å²) < 4.78 is 23.1. The molecular formula is C21H28N4O4. The zero-order chi connectivity index (χ0) is 19.7. The van der Waals surface area contributed by atoms with Gasteiger partial charge in [0.05, 0.1) is 6.61 Å². The van der Waals surface area contributed by atoms with Crippen molar-refractivity contribution in [1.29, 1.82) is 0 Å². The molecule has 2 aromatic rings. The van der Waals surface area contributed by atoms with Gasteiger partial charge in [-0.15, -0.1) is 0 Å². The maximum absolute atomic E-state index is 5.99. The Morgan fingerprint density at radius 3 is 2.76 bits per heavy atom. The highest BCUT2D eigenvalue weighted by Gasteiger charge is 2.18. The van der Waals surface area contributed by atoms with Crippen molar-refractivity contribution >= 4 is 5.82 Å². The largest absolute Gasteiger partial charge is 0.490 e. The average molecular weight is 400 g/mol. The monoisotopic (exact) mass is 400 g/mol. The van der Waals surface area contributed by atoms with E-state index in [0.29, 0.717) is 25.7 Å². The van der Waals surface area contributed by atoms with Crippen LogP contribution in [0.25, 0.3) is 0 Å². The Labute approximate surface area is 171 Å². The summed E-state index contributed by atoms with van der Waals surface area (Å²) in [5, 5.41) is 3.34. The number of benzene rings is 1. The summed E-state index contributed by atoms with van der Waals surface area (Å²) in [6.45, 7) is 5.92. The zero-order valence-electron chi connectivity index (χ0n) is 16.6. The van der Waals surface area contributed by atoms with E-state index in [1.807, 2.05) is 24.3 Å². The second-order valence-corrected chi connectivity index (χ2v) is 7.05. The van der Waals surface area contributed by atoms with Crippen LogP contribution in [0.15, 0.2) is 36.7 Å². The third-order valence-electron chi connectivity index (χ3n) is 4.88. The van der Waals surface area contributed by atoms with Crippen molar-refractivity contribution < 1.29 is 18.9 Å². The van der Waals surface area contributed by atoms with E-state index in [4.69, 9.17) is 18.9 Å². The molecule has 1 aromatic heterocycles. The topological polar surface area (TPSA) is 78.0 Å². The molecule has 0 saturated carbocycles. The number of rotatable bonds is 8. The molecule has 0 amide bonds. The van der Waals surface area contributed by atoms with Crippen LogP contribution in [0.2, 0.25) is 0 Å². The molecule has 156 valence electrons. The quantitative estimate of drug-likeness (QED) is 0.674. The van der Waals surface area contributed by atoms with Gasteiger partial charge < -0.3 is 29.2 Å². The number of hydrogen-bond acceptors (Lipinski definition) is 8. The van der Waals surface area contributed by atoms with Gasteiger partial charge in [-0.1, -0.05) is 6.07 Å². The van der Waals surface area contributed by atoms with Crippen molar-refractivity contribution in [3.8, 4) is 17.4 Å². The molecule has 3 heterocycles. The van der Waals surface area contributed by atoms with Crippen molar-refractivity contribution in [3.63, 3.8) is 0 Å². The molecule has 2 aliphatic heterocycles. The molecule has 8 nitrogen and oxygen atoms in total. The van der Waals surface area contributed by atoms with E-state index in [1.165, 1.54) is 0 Å².